The lowest BCUT2D eigenvalue weighted by Gasteiger charge is -2.38. The molecule has 3 heteroatoms. The third kappa shape index (κ3) is 5.22. The Kier molecular flexibility index (Phi) is 6.28. The summed E-state index contributed by atoms with van der Waals surface area (Å²) < 4.78 is 12.3. The predicted octanol–water partition coefficient (Wildman–Crippen LogP) is 6.11. The van der Waals surface area contributed by atoms with Gasteiger partial charge in [0.15, 0.2) is 8.32 Å². The van der Waals surface area contributed by atoms with Crippen molar-refractivity contribution >= 4 is 14.1 Å². The molecule has 0 atom stereocenters. The van der Waals surface area contributed by atoms with E-state index in [2.05, 4.69) is 66.8 Å². The van der Waals surface area contributed by atoms with Gasteiger partial charge in [0.2, 0.25) is 0 Å². The number of hydrogen-bond donors (Lipinski definition) is 0. The highest BCUT2D eigenvalue weighted by atomic mass is 28.4. The van der Waals surface area contributed by atoms with Crippen molar-refractivity contribution in [2.45, 2.75) is 59.7 Å². The largest absolute Gasteiger partial charge is 0.496 e. The Morgan fingerprint density at radius 2 is 1.48 bits per heavy atom. The van der Waals surface area contributed by atoms with Crippen LogP contribution in [0, 0.1) is 5.41 Å². The summed E-state index contributed by atoms with van der Waals surface area (Å²) in [5.41, 5.74) is 2.32. The number of rotatable bonds is 5. The Balaban J connectivity index is 3.23. The van der Waals surface area contributed by atoms with Crippen LogP contribution in [-0.4, -0.2) is 22.0 Å². The summed E-state index contributed by atoms with van der Waals surface area (Å²) in [4.78, 5) is 0. The van der Waals surface area contributed by atoms with Gasteiger partial charge in [0.1, 0.15) is 5.76 Å². The molecule has 0 radical (unpaired) electrons. The molecule has 130 valence electrons. The minimum Gasteiger partial charge on any atom is -0.496 e. The van der Waals surface area contributed by atoms with Gasteiger partial charge in [-0.05, 0) is 23.5 Å². The van der Waals surface area contributed by atoms with Crippen LogP contribution in [0.25, 0.3) is 5.76 Å². The van der Waals surface area contributed by atoms with Crippen molar-refractivity contribution in [3.8, 4) is 0 Å². The number of methoxy groups -OCH3 is 1. The van der Waals surface area contributed by atoms with Crippen LogP contribution < -0.4 is 0 Å². The Morgan fingerprint density at radius 1 is 0.957 bits per heavy atom. The molecule has 0 aromatic heterocycles. The van der Waals surface area contributed by atoms with Crippen molar-refractivity contribution in [3.05, 3.63) is 41.5 Å². The first kappa shape index (κ1) is 20.0. The first-order valence-corrected chi connectivity index (χ1v) is 11.3. The van der Waals surface area contributed by atoms with Gasteiger partial charge >= 0.3 is 0 Å². The Morgan fingerprint density at radius 3 is 1.87 bits per heavy atom. The second kappa shape index (κ2) is 7.23. The highest BCUT2D eigenvalue weighted by molar-refractivity contribution is 6.74. The zero-order chi connectivity index (χ0) is 17.9. The van der Waals surface area contributed by atoms with Gasteiger partial charge in [-0.3, -0.25) is 0 Å². The molecule has 0 unspecified atom stereocenters. The van der Waals surface area contributed by atoms with Crippen molar-refractivity contribution in [1.29, 1.82) is 0 Å². The summed E-state index contributed by atoms with van der Waals surface area (Å²) in [6, 6.07) is 10.3. The third-order valence-corrected chi connectivity index (χ3v) is 9.28. The molecule has 0 N–H and O–H groups in total. The van der Waals surface area contributed by atoms with Crippen molar-refractivity contribution < 1.29 is 9.16 Å². The van der Waals surface area contributed by atoms with E-state index in [-0.39, 0.29) is 10.5 Å². The molecule has 23 heavy (non-hydrogen) atoms. The summed E-state index contributed by atoms with van der Waals surface area (Å²) >= 11 is 0. The summed E-state index contributed by atoms with van der Waals surface area (Å²) in [6.07, 6.45) is 0. The summed E-state index contributed by atoms with van der Waals surface area (Å²) in [5, 5.41) is 0.204. The fourth-order valence-electron chi connectivity index (χ4n) is 2.10. The summed E-state index contributed by atoms with van der Waals surface area (Å²) in [7, 11) is -0.0454. The van der Waals surface area contributed by atoms with Crippen LogP contribution in [0.3, 0.4) is 0 Å². The molecule has 1 aromatic rings. The maximum absolute atomic E-state index is 6.49. The van der Waals surface area contributed by atoms with Crippen LogP contribution in [0.2, 0.25) is 18.1 Å². The first-order chi connectivity index (χ1) is 10.4. The zero-order valence-electron chi connectivity index (χ0n) is 16.4. The maximum atomic E-state index is 6.49. The second-order valence-electron chi connectivity index (χ2n) is 8.68. The van der Waals surface area contributed by atoms with Crippen LogP contribution >= 0.6 is 0 Å². The van der Waals surface area contributed by atoms with Gasteiger partial charge in [-0.25, -0.2) is 0 Å². The molecule has 0 amide bonds. The van der Waals surface area contributed by atoms with Gasteiger partial charge in [0, 0.05) is 11.1 Å². The highest BCUT2D eigenvalue weighted by Gasteiger charge is 2.38. The van der Waals surface area contributed by atoms with Crippen LogP contribution in [0.5, 0.6) is 0 Å². The fourth-order valence-corrected chi connectivity index (χ4v) is 3.03. The van der Waals surface area contributed by atoms with E-state index in [0.717, 1.165) is 11.3 Å². The third-order valence-electron chi connectivity index (χ3n) is 4.80. The van der Waals surface area contributed by atoms with E-state index in [1.54, 1.807) is 7.11 Å². The van der Waals surface area contributed by atoms with Crippen LogP contribution in [0.15, 0.2) is 35.9 Å². The molecule has 1 aromatic carbocycles. The van der Waals surface area contributed by atoms with E-state index in [1.807, 2.05) is 18.2 Å². The maximum Gasteiger partial charge on any atom is 0.192 e. The van der Waals surface area contributed by atoms with Gasteiger partial charge in [-0.15, -0.1) is 0 Å². The molecule has 2 nitrogen and oxygen atoms in total. The van der Waals surface area contributed by atoms with E-state index in [9.17, 15) is 0 Å². The molecule has 0 saturated heterocycles. The number of ether oxygens (including phenoxy) is 1. The molecule has 0 aliphatic rings. The van der Waals surface area contributed by atoms with E-state index < -0.39 is 8.32 Å². The van der Waals surface area contributed by atoms with Gasteiger partial charge in [-0.2, -0.15) is 0 Å². The molecular weight excluding hydrogens is 300 g/mol. The monoisotopic (exact) mass is 334 g/mol. The van der Waals surface area contributed by atoms with Gasteiger partial charge in [0.05, 0.1) is 13.7 Å². The minimum atomic E-state index is -1.80. The molecule has 0 spiro atoms. The van der Waals surface area contributed by atoms with Crippen molar-refractivity contribution in [2.75, 3.05) is 13.7 Å². The molecule has 0 saturated carbocycles. The lowest BCUT2D eigenvalue weighted by molar-refractivity contribution is 0.276. The SMILES string of the molecule is COC(=C(CO[Si](C)(C)C(C)(C)C)C(C)(C)C)c1ccccc1. The van der Waals surface area contributed by atoms with Crippen molar-refractivity contribution in [2.24, 2.45) is 5.41 Å². The van der Waals surface area contributed by atoms with Gasteiger partial charge in [-0.1, -0.05) is 71.9 Å². The summed E-state index contributed by atoms with van der Waals surface area (Å²) in [6.45, 7) is 18.7. The van der Waals surface area contributed by atoms with E-state index >= 15 is 0 Å². The number of benzene rings is 1. The molecule has 0 fully saturated rings. The average molecular weight is 335 g/mol. The predicted molar refractivity (Wildman–Crippen MR) is 103 cm³/mol. The second-order valence-corrected chi connectivity index (χ2v) is 13.5. The Labute approximate surface area is 144 Å². The molecule has 0 heterocycles. The van der Waals surface area contributed by atoms with Crippen LogP contribution in [-0.2, 0) is 9.16 Å². The minimum absolute atomic E-state index is 0.0104. The van der Waals surface area contributed by atoms with E-state index in [4.69, 9.17) is 9.16 Å². The summed E-state index contributed by atoms with van der Waals surface area (Å²) in [5.74, 6) is 0.941. The normalized spacial score (nSPS) is 14.5. The van der Waals surface area contributed by atoms with Gasteiger partial charge in [0.25, 0.3) is 0 Å². The van der Waals surface area contributed by atoms with Crippen molar-refractivity contribution in [3.63, 3.8) is 0 Å². The molecule has 0 aliphatic heterocycles. The van der Waals surface area contributed by atoms with Gasteiger partial charge < -0.3 is 9.16 Å². The first-order valence-electron chi connectivity index (χ1n) is 8.37. The Bertz CT molecular complexity index is 531. The quantitative estimate of drug-likeness (QED) is 0.477. The van der Waals surface area contributed by atoms with E-state index in [1.165, 1.54) is 5.57 Å². The Hall–Kier alpha value is -1.06. The molecule has 0 bridgehead atoms. The molecular formula is C20H34O2Si. The number of hydrogen-bond acceptors (Lipinski definition) is 2. The fraction of sp³-hybridized carbons (Fsp3) is 0.600. The molecule has 1 rings (SSSR count). The van der Waals surface area contributed by atoms with Crippen molar-refractivity contribution in [1.82, 2.24) is 0 Å². The lowest BCUT2D eigenvalue weighted by Crippen LogP contribution is -2.42. The average Bonchev–Trinajstić information content (AvgIpc) is 2.41. The van der Waals surface area contributed by atoms with E-state index in [0.29, 0.717) is 6.61 Å². The standard InChI is InChI=1S/C20H34O2Si/c1-19(2,3)17(15-22-23(8,9)20(4,5)6)18(21-7)16-13-11-10-12-14-16/h10-14H,15H2,1-9H3. The highest BCUT2D eigenvalue weighted by Crippen LogP contribution is 2.39. The van der Waals surface area contributed by atoms with Crippen LogP contribution in [0.1, 0.15) is 47.1 Å². The topological polar surface area (TPSA) is 18.5 Å². The molecule has 0 aliphatic carbocycles. The lowest BCUT2D eigenvalue weighted by atomic mass is 9.85. The zero-order valence-corrected chi connectivity index (χ0v) is 17.4. The van der Waals surface area contributed by atoms with Crippen LogP contribution in [0.4, 0.5) is 0 Å². The smallest absolute Gasteiger partial charge is 0.192 e.